The van der Waals surface area contributed by atoms with Gasteiger partial charge in [0, 0.05) is 48.8 Å². The van der Waals surface area contributed by atoms with E-state index >= 15 is 0 Å². The Balaban J connectivity index is 1.20. The normalized spacial score (nSPS) is 12.7. The summed E-state index contributed by atoms with van der Waals surface area (Å²) in [4.78, 5) is 11.4. The third kappa shape index (κ3) is 6.75. The Hall–Kier alpha value is -7.70. The number of hydrogen-bond donors (Lipinski definition) is 1. The first kappa shape index (κ1) is 43.6. The lowest BCUT2D eigenvalue weighted by Crippen LogP contribution is -2.17. The lowest BCUT2D eigenvalue weighted by Gasteiger charge is -2.28. The van der Waals surface area contributed by atoms with Gasteiger partial charge in [0.05, 0.1) is 33.5 Å². The van der Waals surface area contributed by atoms with Gasteiger partial charge >= 0.3 is 0 Å². The Morgan fingerprint density at radius 3 is 1.86 bits per heavy atom. The molecule has 1 N–H and O–H groups in total. The highest BCUT2D eigenvalue weighted by atomic mass is 16.3. The molecule has 0 aliphatic heterocycles. The van der Waals surface area contributed by atoms with Crippen LogP contribution in [0.4, 0.5) is 0 Å². The number of phenols is 1. The van der Waals surface area contributed by atoms with Gasteiger partial charge in [-0.25, -0.2) is 9.97 Å². The average molecular weight is 916 g/mol. The van der Waals surface area contributed by atoms with E-state index in [4.69, 9.17) is 18.8 Å². The maximum absolute atomic E-state index is 12.7. The molecule has 0 aliphatic carbocycles. The van der Waals surface area contributed by atoms with Crippen LogP contribution in [-0.2, 0) is 10.8 Å². The number of fused-ring (bicyclic) bond motifs is 12. The SMILES string of the molecule is CC(C)c1cc(-c2ccccc2)cc(C(C)C)c1-n1c(-c2cc(C(C)(C)C)cc(C(C)(C)C)c2O)nc2c(-c3ccc4c(n3)c3cc5c(cc3c3oc6ccccc6c43)oc3ccccc35)cccc21. The van der Waals surface area contributed by atoms with E-state index in [1.54, 1.807) is 0 Å². The van der Waals surface area contributed by atoms with E-state index in [2.05, 4.69) is 195 Å². The number of aromatic nitrogens is 3. The molecule has 0 unspecified atom stereocenters. The Kier molecular flexibility index (Phi) is 9.75. The number of furan rings is 2. The van der Waals surface area contributed by atoms with Crippen molar-refractivity contribution in [2.24, 2.45) is 0 Å². The van der Waals surface area contributed by atoms with Crippen molar-refractivity contribution < 1.29 is 13.9 Å². The van der Waals surface area contributed by atoms with Gasteiger partial charge in [-0.05, 0) is 111 Å². The highest BCUT2D eigenvalue weighted by molar-refractivity contribution is 6.31. The monoisotopic (exact) mass is 915 g/mol. The van der Waals surface area contributed by atoms with Crippen LogP contribution >= 0.6 is 0 Å². The number of para-hydroxylation sites is 3. The molecule has 0 radical (unpaired) electrons. The van der Waals surface area contributed by atoms with Crippen LogP contribution in [0.5, 0.6) is 5.75 Å². The molecular weight excluding hydrogens is 859 g/mol. The average Bonchev–Trinajstić information content (AvgIpc) is 4.04. The molecule has 12 aromatic rings. The Bertz CT molecular complexity index is 4070. The smallest absolute Gasteiger partial charge is 0.149 e. The first-order valence-electron chi connectivity index (χ1n) is 24.7. The molecule has 0 atom stereocenters. The summed E-state index contributed by atoms with van der Waals surface area (Å²) in [6.45, 7) is 22.3. The van der Waals surface area contributed by atoms with Gasteiger partial charge in [0.2, 0.25) is 0 Å². The van der Waals surface area contributed by atoms with Crippen LogP contribution in [0.2, 0.25) is 0 Å². The second-order valence-corrected chi connectivity index (χ2v) is 21.9. The minimum absolute atomic E-state index is 0.161. The van der Waals surface area contributed by atoms with Crippen LogP contribution in [-0.4, -0.2) is 19.6 Å². The minimum Gasteiger partial charge on any atom is -0.507 e. The summed E-state index contributed by atoms with van der Waals surface area (Å²) < 4.78 is 15.5. The Morgan fingerprint density at radius 1 is 0.500 bits per heavy atom. The molecular formula is C64H57N3O3. The second kappa shape index (κ2) is 15.7. The molecule has 8 aromatic carbocycles. The molecule has 70 heavy (non-hydrogen) atoms. The van der Waals surface area contributed by atoms with E-state index in [9.17, 15) is 5.11 Å². The molecule has 0 aliphatic rings. The van der Waals surface area contributed by atoms with Crippen LogP contribution < -0.4 is 0 Å². The molecule has 346 valence electrons. The number of aromatic hydroxyl groups is 1. The van der Waals surface area contributed by atoms with Gasteiger partial charge in [0.1, 0.15) is 33.9 Å². The first-order chi connectivity index (χ1) is 33.5. The Labute approximate surface area is 408 Å². The van der Waals surface area contributed by atoms with E-state index in [0.717, 1.165) is 105 Å². The number of phenolic OH excluding ortho intramolecular Hbond substituents is 1. The van der Waals surface area contributed by atoms with Crippen molar-refractivity contribution in [3.8, 4) is 45.2 Å². The maximum atomic E-state index is 12.7. The molecule has 0 amide bonds. The fourth-order valence-electron chi connectivity index (χ4n) is 10.8. The van der Waals surface area contributed by atoms with E-state index in [1.165, 1.54) is 22.3 Å². The van der Waals surface area contributed by atoms with Crippen LogP contribution in [0.25, 0.3) is 116 Å². The van der Waals surface area contributed by atoms with Gasteiger partial charge in [-0.1, -0.05) is 154 Å². The van der Waals surface area contributed by atoms with Gasteiger partial charge in [0.25, 0.3) is 0 Å². The summed E-state index contributed by atoms with van der Waals surface area (Å²) in [6.07, 6.45) is 0. The molecule has 6 nitrogen and oxygen atoms in total. The highest BCUT2D eigenvalue weighted by Crippen LogP contribution is 2.48. The second-order valence-electron chi connectivity index (χ2n) is 21.9. The van der Waals surface area contributed by atoms with Crippen molar-refractivity contribution in [3.63, 3.8) is 0 Å². The van der Waals surface area contributed by atoms with Crippen molar-refractivity contribution >= 4 is 76.6 Å². The van der Waals surface area contributed by atoms with Crippen molar-refractivity contribution in [3.05, 3.63) is 168 Å². The van der Waals surface area contributed by atoms with Gasteiger partial charge in [-0.15, -0.1) is 0 Å². The third-order valence-corrected chi connectivity index (χ3v) is 14.5. The zero-order valence-corrected chi connectivity index (χ0v) is 41.6. The number of hydrogen-bond acceptors (Lipinski definition) is 5. The molecule has 0 bridgehead atoms. The number of pyridine rings is 1. The van der Waals surface area contributed by atoms with Gasteiger partial charge < -0.3 is 13.9 Å². The summed E-state index contributed by atoms with van der Waals surface area (Å²) in [5.74, 6) is 1.27. The standard InChI is InChI=1S/C64H57N3O3/c1-35(2)44-29-38(37-19-12-11-13-20-37)30-45(36(3)4)59(44)67-52-24-18-23-41(58(52)66-62(67)49-31-39(63(5,6)7)32-50(60(49)68)64(8,9)10)51-28-27-43-56-42-22-15-17-26-54(42)70-61(56)48-34-55-46(33-47(48)57(43)65-51)40-21-14-16-25-53(40)69-55/h11-36,68H,1-10H3. The number of benzene rings is 8. The number of rotatable bonds is 6. The molecule has 0 saturated heterocycles. The maximum Gasteiger partial charge on any atom is 0.149 e. The predicted molar refractivity (Wildman–Crippen MR) is 292 cm³/mol. The third-order valence-electron chi connectivity index (χ3n) is 14.5. The van der Waals surface area contributed by atoms with Crippen molar-refractivity contribution in [2.75, 3.05) is 0 Å². The van der Waals surface area contributed by atoms with E-state index in [-0.39, 0.29) is 28.4 Å². The summed E-state index contributed by atoms with van der Waals surface area (Å²) in [6, 6.07) is 51.4. The van der Waals surface area contributed by atoms with Gasteiger partial charge in [-0.2, -0.15) is 0 Å². The lowest BCUT2D eigenvalue weighted by atomic mass is 9.78. The number of nitrogens with zero attached hydrogens (tertiary/aromatic N) is 3. The summed E-state index contributed by atoms with van der Waals surface area (Å²) in [5.41, 5.74) is 15.7. The van der Waals surface area contributed by atoms with Crippen LogP contribution in [0.1, 0.15) is 103 Å². The van der Waals surface area contributed by atoms with Crippen LogP contribution in [0.3, 0.4) is 0 Å². The lowest BCUT2D eigenvalue weighted by molar-refractivity contribution is 0.446. The molecule has 4 aromatic heterocycles. The summed E-state index contributed by atoms with van der Waals surface area (Å²) in [5, 5.41) is 19.8. The topological polar surface area (TPSA) is 77.2 Å². The van der Waals surface area contributed by atoms with E-state index in [0.29, 0.717) is 11.4 Å². The molecule has 6 heteroatoms. The Morgan fingerprint density at radius 2 is 1.17 bits per heavy atom. The fraction of sp³-hybridized carbons (Fsp3) is 0.219. The summed E-state index contributed by atoms with van der Waals surface area (Å²) >= 11 is 0. The first-order valence-corrected chi connectivity index (χ1v) is 24.7. The van der Waals surface area contributed by atoms with Crippen LogP contribution in [0.15, 0.2) is 154 Å². The van der Waals surface area contributed by atoms with Gasteiger partial charge in [0.15, 0.2) is 0 Å². The van der Waals surface area contributed by atoms with Gasteiger partial charge in [-0.3, -0.25) is 4.57 Å². The van der Waals surface area contributed by atoms with Crippen molar-refractivity contribution in [1.82, 2.24) is 14.5 Å². The van der Waals surface area contributed by atoms with Crippen LogP contribution in [0, 0.1) is 0 Å². The molecule has 0 spiro atoms. The summed E-state index contributed by atoms with van der Waals surface area (Å²) in [7, 11) is 0. The molecule has 12 rings (SSSR count). The number of imidazole rings is 1. The molecule has 4 heterocycles. The minimum atomic E-state index is -0.344. The quantitative estimate of drug-likeness (QED) is 0.168. The highest BCUT2D eigenvalue weighted by Gasteiger charge is 2.31. The molecule has 0 saturated carbocycles. The van der Waals surface area contributed by atoms with Crippen molar-refractivity contribution in [1.29, 1.82) is 0 Å². The fourth-order valence-corrected chi connectivity index (χ4v) is 10.8. The zero-order valence-electron chi connectivity index (χ0n) is 41.6. The predicted octanol–water partition coefficient (Wildman–Crippen LogP) is 18.1. The van der Waals surface area contributed by atoms with E-state index < -0.39 is 0 Å². The zero-order chi connectivity index (χ0) is 48.5. The van der Waals surface area contributed by atoms with E-state index in [1.807, 2.05) is 24.3 Å². The largest absolute Gasteiger partial charge is 0.507 e. The molecule has 0 fully saturated rings. The van der Waals surface area contributed by atoms with Crippen molar-refractivity contribution in [2.45, 2.75) is 91.9 Å².